The molecule has 0 radical (unpaired) electrons. The molecule has 4 amide bonds. The highest BCUT2D eigenvalue weighted by molar-refractivity contribution is 6.04. The predicted molar refractivity (Wildman–Crippen MR) is 262 cm³/mol. The highest BCUT2D eigenvalue weighted by atomic mass is 16.6. The van der Waals surface area contributed by atoms with E-state index in [0.29, 0.717) is 54.4 Å². The lowest BCUT2D eigenvalue weighted by Crippen LogP contribution is -2.49. The fourth-order valence-electron chi connectivity index (χ4n) is 6.69. The lowest BCUT2D eigenvalue weighted by Gasteiger charge is -2.34. The quantitative estimate of drug-likeness (QED) is 0.194. The molecule has 1 aliphatic carbocycles. The fourth-order valence-corrected chi connectivity index (χ4v) is 6.69. The van der Waals surface area contributed by atoms with Crippen LogP contribution in [0.15, 0.2) is 84.5 Å². The number of carbonyl (C=O) groups excluding carboxylic acids is 8. The van der Waals surface area contributed by atoms with Crippen molar-refractivity contribution in [3.8, 4) is 0 Å². The van der Waals surface area contributed by atoms with Crippen molar-refractivity contribution in [1.29, 1.82) is 5.41 Å². The Balaban J connectivity index is 0.000000951. The highest BCUT2D eigenvalue weighted by Crippen LogP contribution is 2.24. The number of nitrogens with two attached hydrogens (primary N) is 1. The number of benzene rings is 2. The Kier molecular flexibility index (Phi) is 28.1. The largest absolute Gasteiger partial charge is 0.447 e. The number of nitrogen functional groups attached to an aromatic ring is 1. The van der Waals surface area contributed by atoms with Crippen LogP contribution in [-0.4, -0.2) is 177 Å². The van der Waals surface area contributed by atoms with E-state index in [9.17, 15) is 28.8 Å². The number of hydrogen-bond donors (Lipinski definition) is 3. The summed E-state index contributed by atoms with van der Waals surface area (Å²) in [4.78, 5) is 99.3. The lowest BCUT2D eigenvalue weighted by molar-refractivity contribution is -0.191. The molecule has 3 heterocycles. The number of esters is 2. The summed E-state index contributed by atoms with van der Waals surface area (Å²) in [5.74, 6) is -1.48. The van der Waals surface area contributed by atoms with Crippen molar-refractivity contribution in [1.82, 2.24) is 29.4 Å². The maximum absolute atomic E-state index is 12.8. The summed E-state index contributed by atoms with van der Waals surface area (Å²) in [6, 6.07) is 13.6. The highest BCUT2D eigenvalue weighted by Gasteiger charge is 2.32. The SMILES string of the molecule is C.C.C.CC(=O)Nc1ccc(C(OC(C)=O)C(=O)N2CCN(C)CC2)cc1.CC(=O)OC(C(=O)N1CCN(C)CC1)c1ccc(N)cc1.CN1CCN(C(=O)C=C2C=CC(=N)C=C2)CC1.O=C=O. The number of rotatable bonds is 8. The van der Waals surface area contributed by atoms with Gasteiger partial charge in [0.25, 0.3) is 11.8 Å². The van der Waals surface area contributed by atoms with E-state index < -0.39 is 24.1 Å². The molecule has 68 heavy (non-hydrogen) atoms. The molecule has 19 nitrogen and oxygen atoms in total. The van der Waals surface area contributed by atoms with Gasteiger partial charge in [-0.3, -0.25) is 28.8 Å². The molecule has 2 atom stereocenters. The normalized spacial score (nSPS) is 16.5. The second-order valence-electron chi connectivity index (χ2n) is 15.7. The number of nitrogens with one attached hydrogen (secondary N) is 2. The Bertz CT molecular complexity index is 2060. The smallest absolute Gasteiger partial charge is 0.373 e. The van der Waals surface area contributed by atoms with Gasteiger partial charge in [0.1, 0.15) is 0 Å². The Morgan fingerprint density at radius 1 is 0.588 bits per heavy atom. The van der Waals surface area contributed by atoms with E-state index in [1.807, 2.05) is 19.0 Å². The number of amides is 4. The number of nitrogens with zero attached hydrogens (tertiary/aromatic N) is 6. The van der Waals surface area contributed by atoms with Gasteiger partial charge < -0.3 is 55.3 Å². The minimum atomic E-state index is -0.961. The molecule has 0 bridgehead atoms. The Labute approximate surface area is 402 Å². The van der Waals surface area contributed by atoms with Crippen molar-refractivity contribution in [2.75, 3.05) is 111 Å². The van der Waals surface area contributed by atoms with Crippen LogP contribution in [0.25, 0.3) is 0 Å². The van der Waals surface area contributed by atoms with Crippen LogP contribution >= 0.6 is 0 Å². The molecule has 2 aromatic carbocycles. The van der Waals surface area contributed by atoms with E-state index in [1.54, 1.807) is 88.7 Å². The van der Waals surface area contributed by atoms with E-state index >= 15 is 0 Å². The first kappa shape index (κ1) is 61.2. The maximum Gasteiger partial charge on any atom is 0.373 e. The summed E-state index contributed by atoms with van der Waals surface area (Å²) in [6.07, 6.45) is 7.03. The van der Waals surface area contributed by atoms with Gasteiger partial charge in [0.2, 0.25) is 24.0 Å². The Morgan fingerprint density at radius 3 is 1.26 bits per heavy atom. The van der Waals surface area contributed by atoms with Crippen LogP contribution in [0.4, 0.5) is 11.4 Å². The number of anilines is 2. The molecule has 0 saturated carbocycles. The summed E-state index contributed by atoms with van der Waals surface area (Å²) in [6.45, 7) is 13.2. The minimum Gasteiger partial charge on any atom is -0.447 e. The van der Waals surface area contributed by atoms with Crippen LogP contribution in [0.5, 0.6) is 0 Å². The Morgan fingerprint density at radius 2 is 0.926 bits per heavy atom. The molecule has 4 aliphatic rings. The number of likely N-dealkylation sites (N-methyl/N-ethyl adjacent to an activating group) is 3. The number of ether oxygens (including phenoxy) is 2. The first-order valence-corrected chi connectivity index (χ1v) is 21.1. The van der Waals surface area contributed by atoms with Crippen LogP contribution in [0.3, 0.4) is 0 Å². The second-order valence-corrected chi connectivity index (χ2v) is 15.7. The zero-order valence-corrected chi connectivity index (χ0v) is 38.0. The lowest BCUT2D eigenvalue weighted by atomic mass is 10.1. The monoisotopic (exact) mass is 948 g/mol. The summed E-state index contributed by atoms with van der Waals surface area (Å²) >= 11 is 0. The minimum absolute atomic E-state index is 0. The number of piperazine rings is 3. The van der Waals surface area contributed by atoms with Crippen LogP contribution in [0, 0.1) is 5.41 Å². The van der Waals surface area contributed by atoms with Gasteiger partial charge in [0, 0.05) is 128 Å². The third-order valence-corrected chi connectivity index (χ3v) is 10.4. The van der Waals surface area contributed by atoms with E-state index in [4.69, 9.17) is 30.2 Å². The third kappa shape index (κ3) is 21.2. The molecular formula is C49H73N9O10. The molecule has 2 aromatic rings. The van der Waals surface area contributed by atoms with Gasteiger partial charge in [0.05, 0.1) is 5.71 Å². The van der Waals surface area contributed by atoms with Gasteiger partial charge in [-0.25, -0.2) is 0 Å². The molecule has 2 unspecified atom stereocenters. The molecule has 3 fully saturated rings. The van der Waals surface area contributed by atoms with Crippen molar-refractivity contribution in [3.63, 3.8) is 0 Å². The second kappa shape index (κ2) is 31.2. The van der Waals surface area contributed by atoms with Gasteiger partial charge in [-0.2, -0.15) is 9.59 Å². The standard InChI is InChI=1S/C17H23N3O4.C15H21N3O3.C13H17N3O.CO2.3CH4/c1-12(21)18-15-6-4-14(5-7-15)16(24-13(2)22)17(23)20-10-8-19(3)9-11-20;1-11(19)21-14(12-3-5-13(16)6-4-12)15(20)18-9-7-17(2)8-10-18;1-15-6-8-16(9-7-15)13(17)10-11-2-4-12(14)5-3-11;2-1-3;;;/h4-7,16H,8-11H2,1-3H3,(H,18,21);3-6,14H,7-10,16H2,1-2H3;2-5,10,14H,6-9H2,1H3;;3*1H4. The first-order chi connectivity index (χ1) is 30.9. The van der Waals surface area contributed by atoms with E-state index in [2.05, 4.69) is 27.1 Å². The van der Waals surface area contributed by atoms with Crippen molar-refractivity contribution in [2.24, 2.45) is 0 Å². The molecule has 374 valence electrons. The molecule has 6 rings (SSSR count). The zero-order valence-electron chi connectivity index (χ0n) is 38.0. The van der Waals surface area contributed by atoms with Crippen molar-refractivity contribution in [3.05, 3.63) is 95.6 Å². The first-order valence-electron chi connectivity index (χ1n) is 21.1. The van der Waals surface area contributed by atoms with Crippen molar-refractivity contribution >= 4 is 58.8 Å². The number of carbonyl (C=O) groups is 6. The Hall–Kier alpha value is -6.79. The summed E-state index contributed by atoms with van der Waals surface area (Å²) in [5, 5.41) is 10.0. The molecule has 0 spiro atoms. The summed E-state index contributed by atoms with van der Waals surface area (Å²) in [7, 11) is 6.09. The predicted octanol–water partition coefficient (Wildman–Crippen LogP) is 3.83. The molecular weight excluding hydrogens is 875 g/mol. The van der Waals surface area contributed by atoms with Gasteiger partial charge in [-0.05, 0) is 63.1 Å². The molecule has 4 N–H and O–H groups in total. The summed E-state index contributed by atoms with van der Waals surface area (Å²) in [5.41, 5.74) is 9.44. The van der Waals surface area contributed by atoms with Gasteiger partial charge in [-0.15, -0.1) is 0 Å². The number of hydrogen-bond acceptors (Lipinski definition) is 15. The molecule has 3 aliphatic heterocycles. The zero-order chi connectivity index (χ0) is 48.1. The van der Waals surface area contributed by atoms with E-state index in [0.717, 1.165) is 57.9 Å². The van der Waals surface area contributed by atoms with Crippen LogP contribution in [0.2, 0.25) is 0 Å². The van der Waals surface area contributed by atoms with E-state index in [-0.39, 0.29) is 52.1 Å². The van der Waals surface area contributed by atoms with Gasteiger partial charge >= 0.3 is 18.1 Å². The maximum atomic E-state index is 12.8. The summed E-state index contributed by atoms with van der Waals surface area (Å²) < 4.78 is 10.5. The molecule has 0 aromatic heterocycles. The average Bonchev–Trinajstić information content (AvgIpc) is 3.27. The molecule has 3 saturated heterocycles. The van der Waals surface area contributed by atoms with Crippen LogP contribution in [-0.2, 0) is 47.8 Å². The van der Waals surface area contributed by atoms with Gasteiger partial charge in [-0.1, -0.05) is 58.7 Å². The average molecular weight is 948 g/mol. The number of allylic oxidation sites excluding steroid dienone is 5. The third-order valence-electron chi connectivity index (χ3n) is 10.4. The van der Waals surface area contributed by atoms with Gasteiger partial charge in [0.15, 0.2) is 0 Å². The van der Waals surface area contributed by atoms with Crippen molar-refractivity contribution in [2.45, 2.75) is 55.3 Å². The fraction of sp³-hybridized carbons (Fsp3) is 0.469. The van der Waals surface area contributed by atoms with Crippen molar-refractivity contribution < 1.29 is 47.8 Å². The van der Waals surface area contributed by atoms with E-state index in [1.165, 1.54) is 20.8 Å². The van der Waals surface area contributed by atoms with Crippen LogP contribution in [0.1, 0.15) is 66.4 Å². The van der Waals surface area contributed by atoms with Crippen LogP contribution < -0.4 is 11.1 Å². The topological polar surface area (TPSA) is 236 Å². The molecule has 19 heteroatoms.